The van der Waals surface area contributed by atoms with Gasteiger partial charge in [-0.2, -0.15) is 0 Å². The van der Waals surface area contributed by atoms with E-state index in [9.17, 15) is 19.8 Å². The first-order valence-corrected chi connectivity index (χ1v) is 31.1. The van der Waals surface area contributed by atoms with Crippen molar-refractivity contribution in [1.29, 1.82) is 0 Å². The zero-order valence-corrected chi connectivity index (χ0v) is 46.6. The number of ether oxygens (including phenoxy) is 1. The molecule has 0 bridgehead atoms. The molecule has 0 aliphatic carbocycles. The molecule has 0 aliphatic rings. The van der Waals surface area contributed by atoms with Crippen molar-refractivity contribution in [2.75, 3.05) is 13.2 Å². The number of nitrogens with one attached hydrogen (secondary N) is 1. The quantitative estimate of drug-likeness (QED) is 0.0321. The zero-order valence-electron chi connectivity index (χ0n) is 46.6. The maximum absolute atomic E-state index is 12.5. The molecule has 2 atom stereocenters. The highest BCUT2D eigenvalue weighted by Gasteiger charge is 2.20. The molecule has 1 amide bonds. The predicted molar refractivity (Wildman–Crippen MR) is 301 cm³/mol. The molecule has 69 heavy (non-hydrogen) atoms. The summed E-state index contributed by atoms with van der Waals surface area (Å²) < 4.78 is 5.45. The van der Waals surface area contributed by atoms with Crippen LogP contribution < -0.4 is 5.32 Å². The van der Waals surface area contributed by atoms with E-state index >= 15 is 0 Å². The lowest BCUT2D eigenvalue weighted by molar-refractivity contribution is -0.143. The van der Waals surface area contributed by atoms with E-state index in [2.05, 4.69) is 43.5 Å². The molecule has 0 radical (unpaired) electrons. The van der Waals surface area contributed by atoms with Crippen molar-refractivity contribution in [3.63, 3.8) is 0 Å². The Bertz CT molecular complexity index is 1080. The van der Waals surface area contributed by atoms with Gasteiger partial charge in [-0.25, -0.2) is 0 Å². The first kappa shape index (κ1) is 67.3. The van der Waals surface area contributed by atoms with E-state index in [0.717, 1.165) is 57.8 Å². The number of aliphatic hydroxyl groups is 2. The molecule has 0 aromatic carbocycles. The second-order valence-corrected chi connectivity index (χ2v) is 21.4. The Hall–Kier alpha value is -1.66. The fourth-order valence-corrected chi connectivity index (χ4v) is 9.68. The molecule has 408 valence electrons. The molecule has 3 N–H and O–H groups in total. The van der Waals surface area contributed by atoms with Crippen LogP contribution in [0.1, 0.15) is 341 Å². The Morgan fingerprint density at radius 3 is 1.07 bits per heavy atom. The Balaban J connectivity index is 3.45. The summed E-state index contributed by atoms with van der Waals surface area (Å²) in [5.74, 6) is -0.0560. The fraction of sp³-hybridized carbons (Fsp3) is 0.905. The van der Waals surface area contributed by atoms with Crippen LogP contribution >= 0.6 is 0 Å². The van der Waals surface area contributed by atoms with E-state index in [1.165, 1.54) is 250 Å². The summed E-state index contributed by atoms with van der Waals surface area (Å²) in [7, 11) is 0. The Kier molecular flexibility index (Phi) is 57.5. The highest BCUT2D eigenvalue weighted by Crippen LogP contribution is 2.18. The molecule has 0 saturated heterocycles. The lowest BCUT2D eigenvalue weighted by Gasteiger charge is -2.22. The van der Waals surface area contributed by atoms with Crippen LogP contribution in [0.15, 0.2) is 24.3 Å². The number of aliphatic hydroxyl groups excluding tert-OH is 2. The van der Waals surface area contributed by atoms with Crippen molar-refractivity contribution in [2.24, 2.45) is 0 Å². The Morgan fingerprint density at radius 1 is 0.391 bits per heavy atom. The second-order valence-electron chi connectivity index (χ2n) is 21.4. The average molecular weight is 973 g/mol. The van der Waals surface area contributed by atoms with Gasteiger partial charge in [-0.05, 0) is 70.6 Å². The molecule has 0 aliphatic heterocycles. The van der Waals surface area contributed by atoms with E-state index < -0.39 is 12.1 Å². The van der Waals surface area contributed by atoms with Gasteiger partial charge in [0.05, 0.1) is 25.4 Å². The third kappa shape index (κ3) is 55.5. The molecule has 0 heterocycles. The summed E-state index contributed by atoms with van der Waals surface area (Å²) in [6, 6.07) is -0.552. The van der Waals surface area contributed by atoms with Gasteiger partial charge in [-0.1, -0.05) is 282 Å². The summed E-state index contributed by atoms with van der Waals surface area (Å²) in [4.78, 5) is 24.5. The largest absolute Gasteiger partial charge is 0.466 e. The number of hydrogen-bond acceptors (Lipinski definition) is 5. The van der Waals surface area contributed by atoms with Crippen molar-refractivity contribution in [3.8, 4) is 0 Å². The van der Waals surface area contributed by atoms with Crippen LogP contribution in [-0.4, -0.2) is 47.4 Å². The molecule has 2 unspecified atom stereocenters. The van der Waals surface area contributed by atoms with Gasteiger partial charge in [0.2, 0.25) is 5.91 Å². The van der Waals surface area contributed by atoms with Crippen LogP contribution in [-0.2, 0) is 14.3 Å². The molecular formula is C63H121NO5. The fourth-order valence-electron chi connectivity index (χ4n) is 9.68. The normalized spacial score (nSPS) is 12.7. The third-order valence-corrected chi connectivity index (χ3v) is 14.5. The number of carbonyl (C=O) groups is 2. The minimum atomic E-state index is -0.673. The standard InChI is InChI=1S/C63H121NO5/c1-3-5-7-9-11-13-15-16-17-18-19-20-21-22-23-24-26-29-32-36-39-43-47-51-55-61(66)60(59-65)64-62(67)56-52-48-44-40-37-33-30-27-25-28-31-34-38-42-46-50-54-58-69-63(68)57-53-49-45-41-35-14-12-10-8-6-4-2/h10,12,25,28,60-61,65-66H,3-9,11,13-24,26-27,29-59H2,1-2H3,(H,64,67)/b12-10-,28-25-. The van der Waals surface area contributed by atoms with Crippen LogP contribution in [0.5, 0.6) is 0 Å². The maximum Gasteiger partial charge on any atom is 0.305 e. The van der Waals surface area contributed by atoms with Gasteiger partial charge >= 0.3 is 5.97 Å². The van der Waals surface area contributed by atoms with Crippen molar-refractivity contribution in [1.82, 2.24) is 5.32 Å². The van der Waals surface area contributed by atoms with Crippen LogP contribution in [0.3, 0.4) is 0 Å². The van der Waals surface area contributed by atoms with Crippen LogP contribution in [0.4, 0.5) is 0 Å². The van der Waals surface area contributed by atoms with E-state index in [-0.39, 0.29) is 18.5 Å². The van der Waals surface area contributed by atoms with Crippen molar-refractivity contribution >= 4 is 11.9 Å². The molecule has 0 aromatic heterocycles. The van der Waals surface area contributed by atoms with Gasteiger partial charge in [0.15, 0.2) is 0 Å². The SMILES string of the molecule is CCCC/C=C\CCCCCCCC(=O)OCCCCCCCC/C=C\CCCCCCCCCC(=O)NC(CO)C(O)CCCCCCCCCCCCCCCCCCCCCCCCCC. The minimum absolute atomic E-state index is 0.0122. The van der Waals surface area contributed by atoms with Crippen molar-refractivity contribution in [3.05, 3.63) is 24.3 Å². The summed E-state index contributed by atoms with van der Waals surface area (Å²) in [5, 5.41) is 23.4. The predicted octanol–water partition coefficient (Wildman–Crippen LogP) is 19.4. The number of esters is 1. The minimum Gasteiger partial charge on any atom is -0.466 e. The van der Waals surface area contributed by atoms with Crippen LogP contribution in [0.2, 0.25) is 0 Å². The van der Waals surface area contributed by atoms with Gasteiger partial charge in [-0.3, -0.25) is 9.59 Å². The first-order valence-electron chi connectivity index (χ1n) is 31.1. The Labute approximate surface area is 431 Å². The second kappa shape index (κ2) is 58.9. The van der Waals surface area contributed by atoms with Gasteiger partial charge in [-0.15, -0.1) is 0 Å². The van der Waals surface area contributed by atoms with E-state index in [1.807, 2.05) is 0 Å². The number of allylic oxidation sites excluding steroid dienone is 4. The highest BCUT2D eigenvalue weighted by atomic mass is 16.5. The smallest absolute Gasteiger partial charge is 0.305 e. The van der Waals surface area contributed by atoms with Gasteiger partial charge in [0.1, 0.15) is 0 Å². The van der Waals surface area contributed by atoms with Gasteiger partial charge in [0, 0.05) is 12.8 Å². The molecule has 0 spiro atoms. The lowest BCUT2D eigenvalue weighted by atomic mass is 10.0. The number of amides is 1. The molecular weight excluding hydrogens is 851 g/mol. The maximum atomic E-state index is 12.5. The number of carbonyl (C=O) groups excluding carboxylic acids is 2. The zero-order chi connectivity index (χ0) is 50.0. The lowest BCUT2D eigenvalue weighted by Crippen LogP contribution is -2.45. The molecule has 0 aromatic rings. The topological polar surface area (TPSA) is 95.9 Å². The third-order valence-electron chi connectivity index (χ3n) is 14.5. The molecule has 0 saturated carbocycles. The summed E-state index contributed by atoms with van der Waals surface area (Å²) >= 11 is 0. The number of rotatable bonds is 58. The van der Waals surface area contributed by atoms with Crippen LogP contribution in [0.25, 0.3) is 0 Å². The number of unbranched alkanes of at least 4 members (excludes halogenated alkanes) is 43. The Morgan fingerprint density at radius 2 is 0.696 bits per heavy atom. The number of hydrogen-bond donors (Lipinski definition) is 3. The summed E-state index contributed by atoms with van der Waals surface area (Å²) in [5.41, 5.74) is 0. The molecule has 0 rings (SSSR count). The molecule has 6 heteroatoms. The monoisotopic (exact) mass is 972 g/mol. The van der Waals surface area contributed by atoms with E-state index in [4.69, 9.17) is 4.74 Å². The highest BCUT2D eigenvalue weighted by molar-refractivity contribution is 5.76. The van der Waals surface area contributed by atoms with E-state index in [0.29, 0.717) is 25.9 Å². The summed E-state index contributed by atoms with van der Waals surface area (Å²) in [6.45, 7) is 4.91. The van der Waals surface area contributed by atoms with Crippen molar-refractivity contribution < 1.29 is 24.5 Å². The molecule has 0 fully saturated rings. The van der Waals surface area contributed by atoms with Crippen molar-refractivity contribution in [2.45, 2.75) is 353 Å². The van der Waals surface area contributed by atoms with Crippen LogP contribution in [0, 0.1) is 0 Å². The molecule has 6 nitrogen and oxygen atoms in total. The van der Waals surface area contributed by atoms with E-state index in [1.54, 1.807) is 0 Å². The average Bonchev–Trinajstić information content (AvgIpc) is 3.35. The summed E-state index contributed by atoms with van der Waals surface area (Å²) in [6.07, 6.45) is 71.9. The first-order chi connectivity index (χ1) is 34.0. The van der Waals surface area contributed by atoms with Gasteiger partial charge in [0.25, 0.3) is 0 Å². The van der Waals surface area contributed by atoms with Gasteiger partial charge < -0.3 is 20.3 Å².